The molecule has 2 aromatic carbocycles. The summed E-state index contributed by atoms with van der Waals surface area (Å²) in [6.07, 6.45) is 0. The number of hydrogen-bond acceptors (Lipinski definition) is 4. The smallest absolute Gasteiger partial charge is 0.251 e. The van der Waals surface area contributed by atoms with Gasteiger partial charge in [-0.3, -0.25) is 4.79 Å². The van der Waals surface area contributed by atoms with Crippen LogP contribution in [0.4, 0.5) is 0 Å². The van der Waals surface area contributed by atoms with E-state index in [0.717, 1.165) is 11.5 Å². The van der Waals surface area contributed by atoms with E-state index in [1.54, 1.807) is 23.9 Å². The van der Waals surface area contributed by atoms with E-state index in [4.69, 9.17) is 21.1 Å². The number of fused-ring (bicyclic) bond motifs is 1. The Labute approximate surface area is 144 Å². The van der Waals surface area contributed by atoms with Crippen LogP contribution in [0.5, 0.6) is 11.5 Å². The lowest BCUT2D eigenvalue weighted by Crippen LogP contribution is -2.25. The van der Waals surface area contributed by atoms with Crippen LogP contribution in [0.25, 0.3) is 0 Å². The van der Waals surface area contributed by atoms with Crippen molar-refractivity contribution in [2.24, 2.45) is 0 Å². The highest BCUT2D eigenvalue weighted by molar-refractivity contribution is 7.98. The molecule has 6 heteroatoms. The number of thioether (sulfide) groups is 1. The highest BCUT2D eigenvalue weighted by atomic mass is 35.5. The van der Waals surface area contributed by atoms with Crippen LogP contribution < -0.4 is 14.8 Å². The molecule has 0 saturated carbocycles. The first-order valence-electron chi connectivity index (χ1n) is 7.23. The highest BCUT2D eigenvalue weighted by Gasteiger charge is 2.20. The van der Waals surface area contributed by atoms with Crippen LogP contribution in [0.3, 0.4) is 0 Å². The minimum atomic E-state index is -0.162. The number of amides is 1. The highest BCUT2D eigenvalue weighted by Crippen LogP contribution is 2.39. The maximum atomic E-state index is 12.2. The molecular formula is C17H16ClNO3S. The first-order chi connectivity index (χ1) is 11.2. The van der Waals surface area contributed by atoms with E-state index in [-0.39, 0.29) is 12.7 Å². The monoisotopic (exact) mass is 349 g/mol. The maximum Gasteiger partial charge on any atom is 0.251 e. The number of halogens is 1. The third-order valence-electron chi connectivity index (χ3n) is 3.33. The van der Waals surface area contributed by atoms with Crippen molar-refractivity contribution in [2.75, 3.05) is 19.1 Å². The molecule has 0 atom stereocenters. The van der Waals surface area contributed by atoms with Crippen LogP contribution in [0.2, 0.25) is 5.02 Å². The van der Waals surface area contributed by atoms with Gasteiger partial charge < -0.3 is 14.8 Å². The molecule has 4 nitrogen and oxygen atoms in total. The van der Waals surface area contributed by atoms with E-state index in [2.05, 4.69) is 17.4 Å². The van der Waals surface area contributed by atoms with Gasteiger partial charge in [-0.05, 0) is 17.7 Å². The molecule has 3 rings (SSSR count). The topological polar surface area (TPSA) is 47.6 Å². The van der Waals surface area contributed by atoms with Gasteiger partial charge in [0.1, 0.15) is 0 Å². The van der Waals surface area contributed by atoms with Gasteiger partial charge >= 0.3 is 0 Å². The summed E-state index contributed by atoms with van der Waals surface area (Å²) in [6, 6.07) is 13.5. The first-order valence-corrected chi connectivity index (χ1v) is 8.76. The Hall–Kier alpha value is -1.85. The number of carbonyl (C=O) groups is 1. The van der Waals surface area contributed by atoms with Crippen molar-refractivity contribution in [1.82, 2.24) is 5.32 Å². The summed E-state index contributed by atoms with van der Waals surface area (Å²) in [5.41, 5.74) is 1.76. The second kappa shape index (κ2) is 7.62. The number of benzene rings is 2. The molecule has 1 heterocycles. The molecule has 23 heavy (non-hydrogen) atoms. The van der Waals surface area contributed by atoms with E-state index in [0.29, 0.717) is 28.6 Å². The molecule has 2 aromatic rings. The van der Waals surface area contributed by atoms with Crippen LogP contribution in [-0.4, -0.2) is 25.0 Å². The van der Waals surface area contributed by atoms with Crippen molar-refractivity contribution in [2.45, 2.75) is 5.75 Å². The van der Waals surface area contributed by atoms with Gasteiger partial charge in [-0.1, -0.05) is 41.9 Å². The fourth-order valence-corrected chi connectivity index (χ4v) is 3.29. The second-order valence-corrected chi connectivity index (χ2v) is 6.50. The molecule has 1 N–H and O–H groups in total. The molecule has 0 bridgehead atoms. The largest absolute Gasteiger partial charge is 0.454 e. The summed E-state index contributed by atoms with van der Waals surface area (Å²) < 4.78 is 10.5. The molecule has 0 saturated heterocycles. The number of ether oxygens (including phenoxy) is 2. The molecule has 0 radical (unpaired) electrons. The summed E-state index contributed by atoms with van der Waals surface area (Å²) in [4.78, 5) is 12.2. The van der Waals surface area contributed by atoms with Crippen LogP contribution in [0.15, 0.2) is 42.5 Å². The number of carbonyl (C=O) groups excluding carboxylic acids is 1. The summed E-state index contributed by atoms with van der Waals surface area (Å²) >= 11 is 7.86. The van der Waals surface area contributed by atoms with Gasteiger partial charge in [0.2, 0.25) is 6.79 Å². The Morgan fingerprint density at radius 2 is 2.04 bits per heavy atom. The van der Waals surface area contributed by atoms with Gasteiger partial charge in [-0.15, -0.1) is 0 Å². The van der Waals surface area contributed by atoms with Gasteiger partial charge in [-0.25, -0.2) is 0 Å². The van der Waals surface area contributed by atoms with E-state index in [1.165, 1.54) is 5.56 Å². The van der Waals surface area contributed by atoms with E-state index in [1.807, 2.05) is 18.2 Å². The molecule has 0 fully saturated rings. The molecule has 120 valence electrons. The molecule has 1 amide bonds. The summed E-state index contributed by atoms with van der Waals surface area (Å²) in [5, 5.41) is 3.28. The zero-order chi connectivity index (χ0) is 16.1. The van der Waals surface area contributed by atoms with Gasteiger partial charge in [0.15, 0.2) is 11.5 Å². The average molecular weight is 350 g/mol. The Kier molecular flexibility index (Phi) is 5.31. The van der Waals surface area contributed by atoms with Crippen molar-refractivity contribution in [3.05, 3.63) is 58.6 Å². The second-order valence-electron chi connectivity index (χ2n) is 4.99. The molecule has 0 aliphatic carbocycles. The standard InChI is InChI=1S/C17H16ClNO3S/c18-14-8-13(9-15-16(14)22-11-21-15)17(20)19-6-7-23-10-12-4-2-1-3-5-12/h1-5,8-9H,6-7,10-11H2,(H,19,20). The SMILES string of the molecule is O=C(NCCSCc1ccccc1)c1cc(Cl)c2c(c1)OCO2. The van der Waals surface area contributed by atoms with Crippen molar-refractivity contribution >= 4 is 29.3 Å². The normalized spacial score (nSPS) is 12.2. The van der Waals surface area contributed by atoms with Gasteiger partial charge in [0.05, 0.1) is 5.02 Å². The van der Waals surface area contributed by atoms with Crippen molar-refractivity contribution < 1.29 is 14.3 Å². The van der Waals surface area contributed by atoms with E-state index >= 15 is 0 Å². The molecule has 1 aliphatic heterocycles. The van der Waals surface area contributed by atoms with E-state index < -0.39 is 0 Å². The van der Waals surface area contributed by atoms with Crippen molar-refractivity contribution in [3.63, 3.8) is 0 Å². The fraction of sp³-hybridized carbons (Fsp3) is 0.235. The number of nitrogens with one attached hydrogen (secondary N) is 1. The van der Waals surface area contributed by atoms with Crippen molar-refractivity contribution in [1.29, 1.82) is 0 Å². The number of hydrogen-bond donors (Lipinski definition) is 1. The van der Waals surface area contributed by atoms with Gasteiger partial charge in [-0.2, -0.15) is 11.8 Å². The van der Waals surface area contributed by atoms with Gasteiger partial charge in [0, 0.05) is 23.6 Å². The lowest BCUT2D eigenvalue weighted by atomic mass is 10.2. The summed E-state index contributed by atoms with van der Waals surface area (Å²) in [7, 11) is 0. The molecule has 0 unspecified atom stereocenters. The Morgan fingerprint density at radius 1 is 1.22 bits per heavy atom. The minimum Gasteiger partial charge on any atom is -0.454 e. The lowest BCUT2D eigenvalue weighted by Gasteiger charge is -2.07. The Balaban J connectivity index is 1.46. The van der Waals surface area contributed by atoms with Crippen LogP contribution in [-0.2, 0) is 5.75 Å². The quantitative estimate of drug-likeness (QED) is 0.807. The fourth-order valence-electron chi connectivity index (χ4n) is 2.20. The molecular weight excluding hydrogens is 334 g/mol. The lowest BCUT2D eigenvalue weighted by molar-refractivity contribution is 0.0955. The first kappa shape index (κ1) is 16.0. The maximum absolute atomic E-state index is 12.2. The van der Waals surface area contributed by atoms with Crippen LogP contribution in [0, 0.1) is 0 Å². The third kappa shape index (κ3) is 4.12. The Bertz CT molecular complexity index is 694. The predicted octanol–water partition coefficient (Wildman–Crippen LogP) is 3.73. The molecule has 1 aliphatic rings. The average Bonchev–Trinajstić information content (AvgIpc) is 3.04. The Morgan fingerprint density at radius 3 is 2.87 bits per heavy atom. The third-order valence-corrected chi connectivity index (χ3v) is 4.64. The zero-order valence-corrected chi connectivity index (χ0v) is 14.0. The molecule has 0 aromatic heterocycles. The molecule has 0 spiro atoms. The van der Waals surface area contributed by atoms with E-state index in [9.17, 15) is 4.79 Å². The zero-order valence-electron chi connectivity index (χ0n) is 12.4. The van der Waals surface area contributed by atoms with Crippen LogP contribution in [0.1, 0.15) is 15.9 Å². The summed E-state index contributed by atoms with van der Waals surface area (Å²) in [6.45, 7) is 0.735. The van der Waals surface area contributed by atoms with Crippen LogP contribution >= 0.6 is 23.4 Å². The minimum absolute atomic E-state index is 0.135. The van der Waals surface area contributed by atoms with Crippen molar-refractivity contribution in [3.8, 4) is 11.5 Å². The predicted molar refractivity (Wildman–Crippen MR) is 92.5 cm³/mol. The van der Waals surface area contributed by atoms with Gasteiger partial charge in [0.25, 0.3) is 5.91 Å². The summed E-state index contributed by atoms with van der Waals surface area (Å²) in [5.74, 6) is 2.64. The number of rotatable bonds is 6.